The number of hydrogen-bond donors (Lipinski definition) is 2. The number of ether oxygens (including phenoxy) is 2. The van der Waals surface area contributed by atoms with E-state index >= 15 is 0 Å². The summed E-state index contributed by atoms with van der Waals surface area (Å²) >= 11 is 1.59. The van der Waals surface area contributed by atoms with Gasteiger partial charge in [0.2, 0.25) is 0 Å². The summed E-state index contributed by atoms with van der Waals surface area (Å²) < 4.78 is 11.1. The van der Waals surface area contributed by atoms with E-state index in [9.17, 15) is 10.2 Å². The van der Waals surface area contributed by atoms with Gasteiger partial charge >= 0.3 is 0 Å². The van der Waals surface area contributed by atoms with E-state index in [4.69, 9.17) is 9.47 Å². The first kappa shape index (κ1) is 15.6. The zero-order valence-electron chi connectivity index (χ0n) is 12.5. The highest BCUT2D eigenvalue weighted by Crippen LogP contribution is 2.37. The van der Waals surface area contributed by atoms with Gasteiger partial charge in [0.25, 0.3) is 0 Å². The maximum absolute atomic E-state index is 10.8. The lowest BCUT2D eigenvalue weighted by Gasteiger charge is -2.15. The molecule has 0 amide bonds. The Labute approximate surface area is 133 Å². The number of benzene rings is 1. The molecular weight excluding hydrogens is 300 g/mol. The Hall–Kier alpha value is -1.24. The molecule has 0 saturated carbocycles. The molecule has 22 heavy (non-hydrogen) atoms. The van der Waals surface area contributed by atoms with Crippen LogP contribution in [-0.2, 0) is 15.9 Å². The third-order valence-electron chi connectivity index (χ3n) is 3.85. The number of aryl methyl sites for hydroxylation is 1. The minimum atomic E-state index is -0.700. The van der Waals surface area contributed by atoms with Crippen molar-refractivity contribution in [3.8, 4) is 0 Å². The Kier molecular flexibility index (Phi) is 4.90. The molecule has 1 unspecified atom stereocenters. The maximum Gasteiger partial charge on any atom is 0.193 e. The SMILES string of the molecule is Cc1sc(C2OCCO2)cc1C(O)c1ccccc1CCO. The van der Waals surface area contributed by atoms with Crippen molar-refractivity contribution in [2.75, 3.05) is 19.8 Å². The number of rotatable bonds is 5. The van der Waals surface area contributed by atoms with Gasteiger partial charge < -0.3 is 19.7 Å². The number of thiophene rings is 1. The van der Waals surface area contributed by atoms with Gasteiger partial charge in [-0.15, -0.1) is 11.3 Å². The summed E-state index contributed by atoms with van der Waals surface area (Å²) in [5, 5.41) is 20.0. The van der Waals surface area contributed by atoms with Crippen LogP contribution in [0.4, 0.5) is 0 Å². The van der Waals surface area contributed by atoms with Crippen LogP contribution in [0.1, 0.15) is 38.8 Å². The molecule has 0 bridgehead atoms. The molecule has 118 valence electrons. The van der Waals surface area contributed by atoms with E-state index in [2.05, 4.69) is 0 Å². The molecule has 1 aromatic heterocycles. The van der Waals surface area contributed by atoms with Crippen molar-refractivity contribution in [3.05, 3.63) is 56.8 Å². The molecule has 1 saturated heterocycles. The Bertz CT molecular complexity index is 631. The van der Waals surface area contributed by atoms with Crippen molar-refractivity contribution in [2.24, 2.45) is 0 Å². The number of aliphatic hydroxyl groups is 2. The molecular formula is C17H20O4S. The van der Waals surface area contributed by atoms with E-state index in [-0.39, 0.29) is 12.9 Å². The number of aliphatic hydroxyl groups excluding tert-OH is 2. The predicted octanol–water partition coefficient (Wildman–Crippen LogP) is 2.72. The minimum Gasteiger partial charge on any atom is -0.396 e. The van der Waals surface area contributed by atoms with Gasteiger partial charge in [-0.25, -0.2) is 0 Å². The molecule has 1 aliphatic heterocycles. The highest BCUT2D eigenvalue weighted by atomic mass is 32.1. The van der Waals surface area contributed by atoms with Gasteiger partial charge in [-0.3, -0.25) is 0 Å². The van der Waals surface area contributed by atoms with E-state index < -0.39 is 6.10 Å². The van der Waals surface area contributed by atoms with Crippen LogP contribution in [0.25, 0.3) is 0 Å². The van der Waals surface area contributed by atoms with Gasteiger partial charge in [0.15, 0.2) is 6.29 Å². The van der Waals surface area contributed by atoms with Gasteiger partial charge in [0.05, 0.1) is 18.1 Å². The topological polar surface area (TPSA) is 58.9 Å². The molecule has 0 aliphatic carbocycles. The van der Waals surface area contributed by atoms with Crippen molar-refractivity contribution < 1.29 is 19.7 Å². The zero-order chi connectivity index (χ0) is 15.5. The van der Waals surface area contributed by atoms with Crippen LogP contribution >= 0.6 is 11.3 Å². The van der Waals surface area contributed by atoms with Gasteiger partial charge in [-0.05, 0) is 36.1 Å². The lowest BCUT2D eigenvalue weighted by molar-refractivity contribution is -0.0414. The molecule has 5 heteroatoms. The molecule has 4 nitrogen and oxygen atoms in total. The third kappa shape index (κ3) is 3.09. The maximum atomic E-state index is 10.8. The standard InChI is InChI=1S/C17H20O4S/c1-11-14(10-15(22-11)17-20-8-9-21-17)16(19)13-5-3-2-4-12(13)6-7-18/h2-5,10,16-19H,6-9H2,1H3. The van der Waals surface area contributed by atoms with Crippen LogP contribution in [0.5, 0.6) is 0 Å². The van der Waals surface area contributed by atoms with Gasteiger partial charge in [-0.1, -0.05) is 24.3 Å². The van der Waals surface area contributed by atoms with E-state index in [1.165, 1.54) is 0 Å². The highest BCUT2D eigenvalue weighted by Gasteiger charge is 2.24. The van der Waals surface area contributed by atoms with Gasteiger partial charge in [0, 0.05) is 11.5 Å². The summed E-state index contributed by atoms with van der Waals surface area (Å²) in [5.74, 6) is 0. The molecule has 2 aromatic rings. The summed E-state index contributed by atoms with van der Waals surface area (Å²) in [6, 6.07) is 9.66. The van der Waals surface area contributed by atoms with Crippen LogP contribution in [0.15, 0.2) is 30.3 Å². The van der Waals surface area contributed by atoms with Crippen molar-refractivity contribution in [1.29, 1.82) is 0 Å². The summed E-state index contributed by atoms with van der Waals surface area (Å²) in [6.45, 7) is 3.29. The largest absolute Gasteiger partial charge is 0.396 e. The van der Waals surface area contributed by atoms with Gasteiger partial charge in [0.1, 0.15) is 6.10 Å². The Morgan fingerprint density at radius 3 is 2.68 bits per heavy atom. The molecule has 1 atom stereocenters. The first-order valence-electron chi connectivity index (χ1n) is 7.41. The average molecular weight is 320 g/mol. The molecule has 2 heterocycles. The molecule has 2 N–H and O–H groups in total. The van der Waals surface area contributed by atoms with Crippen molar-refractivity contribution >= 4 is 11.3 Å². The molecule has 1 aliphatic rings. The summed E-state index contributed by atoms with van der Waals surface area (Å²) in [5.41, 5.74) is 2.69. The van der Waals surface area contributed by atoms with Crippen molar-refractivity contribution in [1.82, 2.24) is 0 Å². The number of hydrogen-bond acceptors (Lipinski definition) is 5. The molecule has 1 fully saturated rings. The first-order chi connectivity index (χ1) is 10.7. The first-order valence-corrected chi connectivity index (χ1v) is 8.22. The van der Waals surface area contributed by atoms with Crippen LogP contribution < -0.4 is 0 Å². The van der Waals surface area contributed by atoms with E-state index in [1.54, 1.807) is 11.3 Å². The fourth-order valence-electron chi connectivity index (χ4n) is 2.75. The average Bonchev–Trinajstić information content (AvgIpc) is 3.17. The second-order valence-electron chi connectivity index (χ2n) is 5.31. The Morgan fingerprint density at radius 1 is 1.23 bits per heavy atom. The van der Waals surface area contributed by atoms with Crippen LogP contribution in [0.2, 0.25) is 0 Å². The quantitative estimate of drug-likeness (QED) is 0.889. The van der Waals surface area contributed by atoms with E-state index in [0.717, 1.165) is 26.4 Å². The lowest BCUT2D eigenvalue weighted by Crippen LogP contribution is -2.05. The van der Waals surface area contributed by atoms with Crippen molar-refractivity contribution in [3.63, 3.8) is 0 Å². The normalized spacial score (nSPS) is 17.0. The smallest absolute Gasteiger partial charge is 0.193 e. The molecule has 0 spiro atoms. The predicted molar refractivity (Wildman–Crippen MR) is 85.0 cm³/mol. The second-order valence-corrected chi connectivity index (χ2v) is 6.60. The van der Waals surface area contributed by atoms with Gasteiger partial charge in [-0.2, -0.15) is 0 Å². The van der Waals surface area contributed by atoms with E-state index in [1.807, 2.05) is 37.3 Å². The molecule has 3 rings (SSSR count). The highest BCUT2D eigenvalue weighted by molar-refractivity contribution is 7.12. The summed E-state index contributed by atoms with van der Waals surface area (Å²) in [7, 11) is 0. The third-order valence-corrected chi connectivity index (χ3v) is 4.94. The van der Waals surface area contributed by atoms with Crippen LogP contribution in [0.3, 0.4) is 0 Å². The van der Waals surface area contributed by atoms with Crippen LogP contribution in [-0.4, -0.2) is 30.0 Å². The van der Waals surface area contributed by atoms with E-state index in [0.29, 0.717) is 19.6 Å². The van der Waals surface area contributed by atoms with Crippen molar-refractivity contribution in [2.45, 2.75) is 25.7 Å². The second kappa shape index (κ2) is 6.89. The fraction of sp³-hybridized carbons (Fsp3) is 0.412. The summed E-state index contributed by atoms with van der Waals surface area (Å²) in [4.78, 5) is 2.05. The summed E-state index contributed by atoms with van der Waals surface area (Å²) in [6.07, 6.45) is -0.468. The Balaban J connectivity index is 1.90. The van der Waals surface area contributed by atoms with Crippen LogP contribution in [0, 0.1) is 6.92 Å². The Morgan fingerprint density at radius 2 is 1.95 bits per heavy atom. The lowest BCUT2D eigenvalue weighted by atomic mass is 9.95. The fourth-order valence-corrected chi connectivity index (χ4v) is 3.81. The zero-order valence-corrected chi connectivity index (χ0v) is 13.3. The molecule has 0 radical (unpaired) electrons. The monoisotopic (exact) mass is 320 g/mol. The molecule has 1 aromatic carbocycles. The minimum absolute atomic E-state index is 0.0708.